The van der Waals surface area contributed by atoms with Crippen molar-refractivity contribution < 1.29 is 14.7 Å². The summed E-state index contributed by atoms with van der Waals surface area (Å²) in [5, 5.41) is 19.4. The number of phenolic OH excluding ortho intramolecular Hbond substituents is 1. The Bertz CT molecular complexity index is 1000. The first-order chi connectivity index (χ1) is 15.3. The lowest BCUT2D eigenvalue weighted by molar-refractivity contribution is -0.936. The van der Waals surface area contributed by atoms with Crippen molar-refractivity contribution >= 4 is 11.1 Å². The van der Waals surface area contributed by atoms with Gasteiger partial charge in [0.05, 0.1) is 33.1 Å². The molecule has 0 aromatic heterocycles. The Kier molecular flexibility index (Phi) is 7.89. The normalized spacial score (nSPS) is 17.2. The highest BCUT2D eigenvalue weighted by Gasteiger charge is 2.37. The number of nitrogens with zero attached hydrogens (tertiary/aromatic N) is 1. The van der Waals surface area contributed by atoms with E-state index in [1.54, 1.807) is 12.1 Å². The van der Waals surface area contributed by atoms with E-state index in [0.29, 0.717) is 12.3 Å². The van der Waals surface area contributed by atoms with Crippen LogP contribution in [0.5, 0.6) is 5.75 Å². The van der Waals surface area contributed by atoms with Crippen LogP contribution in [0, 0.1) is 5.92 Å². The van der Waals surface area contributed by atoms with Crippen molar-refractivity contribution in [1.82, 2.24) is 0 Å². The number of aliphatic hydroxyl groups excluding tert-OH is 1. The van der Waals surface area contributed by atoms with Gasteiger partial charge in [-0.2, -0.15) is 0 Å². The van der Waals surface area contributed by atoms with E-state index in [0.717, 1.165) is 46.3 Å². The third kappa shape index (κ3) is 5.87. The zero-order valence-corrected chi connectivity index (χ0v) is 19.6. The van der Waals surface area contributed by atoms with Crippen molar-refractivity contribution in [2.24, 2.45) is 5.92 Å². The zero-order chi connectivity index (χ0) is 23.1. The number of aliphatic hydroxyl groups is 1. The quantitative estimate of drug-likeness (QED) is 0.298. The van der Waals surface area contributed by atoms with Crippen LogP contribution in [0.2, 0.25) is 0 Å². The summed E-state index contributed by atoms with van der Waals surface area (Å²) < 4.78 is 1.05. The molecule has 2 aromatic rings. The SMILES string of the molecule is C=C(\C=C/C(=C\C)C(=C(/CCCO)c1ccccc1)/c1ccc(O)cc1)C1C[N+](C)(C)C1. The summed E-state index contributed by atoms with van der Waals surface area (Å²) in [6.07, 6.45) is 7.92. The predicted octanol–water partition coefficient (Wildman–Crippen LogP) is 5.84. The van der Waals surface area contributed by atoms with E-state index >= 15 is 0 Å². The van der Waals surface area contributed by atoms with E-state index in [9.17, 15) is 10.2 Å². The number of aromatic hydroxyl groups is 1. The molecule has 2 N–H and O–H groups in total. The van der Waals surface area contributed by atoms with Crippen LogP contribution in [-0.4, -0.2) is 48.5 Å². The highest BCUT2D eigenvalue weighted by molar-refractivity contribution is 5.99. The van der Waals surface area contributed by atoms with Crippen molar-refractivity contribution in [3.8, 4) is 5.75 Å². The summed E-state index contributed by atoms with van der Waals surface area (Å²) in [5.41, 5.74) is 6.79. The number of hydrogen-bond donors (Lipinski definition) is 2. The first-order valence-corrected chi connectivity index (χ1v) is 11.4. The second-order valence-corrected chi connectivity index (χ2v) is 9.24. The number of phenols is 1. The van der Waals surface area contributed by atoms with E-state index in [1.807, 2.05) is 30.3 Å². The van der Waals surface area contributed by atoms with E-state index in [4.69, 9.17) is 0 Å². The minimum absolute atomic E-state index is 0.146. The summed E-state index contributed by atoms with van der Waals surface area (Å²) in [4.78, 5) is 0. The van der Waals surface area contributed by atoms with E-state index in [1.165, 1.54) is 11.1 Å². The second-order valence-electron chi connectivity index (χ2n) is 9.24. The highest BCUT2D eigenvalue weighted by atomic mass is 16.3. The molecule has 0 unspecified atom stereocenters. The zero-order valence-electron chi connectivity index (χ0n) is 19.6. The molecule has 3 rings (SSSR count). The van der Waals surface area contributed by atoms with E-state index in [2.05, 4.69) is 58.0 Å². The van der Waals surface area contributed by atoms with Crippen LogP contribution in [0.15, 0.2) is 90.6 Å². The number of likely N-dealkylation sites (tertiary alicyclic amines) is 1. The first-order valence-electron chi connectivity index (χ1n) is 11.4. The largest absolute Gasteiger partial charge is 0.508 e. The molecule has 2 aromatic carbocycles. The van der Waals surface area contributed by atoms with Crippen LogP contribution in [0.4, 0.5) is 0 Å². The minimum Gasteiger partial charge on any atom is -0.508 e. The molecule has 1 aliphatic rings. The van der Waals surface area contributed by atoms with Gasteiger partial charge in [0.25, 0.3) is 0 Å². The second kappa shape index (κ2) is 10.6. The van der Waals surface area contributed by atoms with Crippen molar-refractivity contribution in [3.63, 3.8) is 0 Å². The Balaban J connectivity index is 2.06. The standard InChI is InChI=1S/C29H35NO2/c1-5-23(14-13-22(2)26-20-30(3,4)21-26)29(25-15-17-27(32)18-16-25)28(12-9-19-31)24-10-7-6-8-11-24/h5-8,10-11,13-18,26,31H,2,9,12,19-21H2,1,3-4H3/p+1/b14-13-,23-5+,29-28+. The topological polar surface area (TPSA) is 40.5 Å². The maximum absolute atomic E-state index is 9.85. The molecule has 0 spiro atoms. The van der Waals surface area contributed by atoms with Crippen LogP contribution < -0.4 is 0 Å². The molecule has 32 heavy (non-hydrogen) atoms. The lowest BCUT2D eigenvalue weighted by Gasteiger charge is -2.45. The number of hydrogen-bond acceptors (Lipinski definition) is 2. The number of allylic oxidation sites excluding steroid dienone is 6. The van der Waals surface area contributed by atoms with Crippen LogP contribution in [-0.2, 0) is 0 Å². The third-order valence-corrected chi connectivity index (χ3v) is 6.20. The molecule has 1 aliphatic heterocycles. The van der Waals surface area contributed by atoms with Gasteiger partial charge in [0.1, 0.15) is 5.75 Å². The monoisotopic (exact) mass is 430 g/mol. The van der Waals surface area contributed by atoms with Gasteiger partial charge in [-0.1, -0.05) is 67.3 Å². The molecular formula is C29H36NO2+. The summed E-state index contributed by atoms with van der Waals surface area (Å²) >= 11 is 0. The molecule has 1 heterocycles. The lowest BCUT2D eigenvalue weighted by atomic mass is 9.85. The van der Waals surface area contributed by atoms with Crippen LogP contribution in [0.3, 0.4) is 0 Å². The first kappa shape index (κ1) is 23.8. The van der Waals surface area contributed by atoms with Gasteiger partial charge >= 0.3 is 0 Å². The summed E-state index contributed by atoms with van der Waals surface area (Å²) in [6.45, 7) is 8.79. The fraction of sp³-hybridized carbons (Fsp3) is 0.310. The fourth-order valence-electron chi connectivity index (χ4n) is 4.48. The van der Waals surface area contributed by atoms with Gasteiger partial charge in [-0.3, -0.25) is 0 Å². The number of rotatable bonds is 9. The van der Waals surface area contributed by atoms with E-state index < -0.39 is 0 Å². The van der Waals surface area contributed by atoms with Gasteiger partial charge in [-0.15, -0.1) is 0 Å². The van der Waals surface area contributed by atoms with Gasteiger partial charge in [0.2, 0.25) is 0 Å². The molecular weight excluding hydrogens is 394 g/mol. The van der Waals surface area contributed by atoms with Gasteiger partial charge in [-0.25, -0.2) is 0 Å². The van der Waals surface area contributed by atoms with Crippen molar-refractivity contribution in [2.45, 2.75) is 19.8 Å². The Labute approximate surface area is 192 Å². The Morgan fingerprint density at radius 2 is 1.66 bits per heavy atom. The van der Waals surface area contributed by atoms with Gasteiger partial charge < -0.3 is 14.7 Å². The highest BCUT2D eigenvalue weighted by Crippen LogP contribution is 2.37. The fourth-order valence-corrected chi connectivity index (χ4v) is 4.48. The number of benzene rings is 2. The molecule has 0 amide bonds. The Hall–Kier alpha value is -2.88. The van der Waals surface area contributed by atoms with Crippen LogP contribution >= 0.6 is 0 Å². The van der Waals surface area contributed by atoms with E-state index in [-0.39, 0.29) is 12.4 Å². The predicted molar refractivity (Wildman–Crippen MR) is 135 cm³/mol. The molecule has 168 valence electrons. The minimum atomic E-state index is 0.146. The van der Waals surface area contributed by atoms with Crippen molar-refractivity contribution in [2.75, 3.05) is 33.8 Å². The molecule has 0 saturated carbocycles. The van der Waals surface area contributed by atoms with Crippen molar-refractivity contribution in [1.29, 1.82) is 0 Å². The molecule has 0 aliphatic carbocycles. The number of quaternary nitrogens is 1. The Morgan fingerprint density at radius 1 is 1.00 bits per heavy atom. The van der Waals surface area contributed by atoms with Crippen molar-refractivity contribution in [3.05, 3.63) is 102 Å². The molecule has 0 atom stereocenters. The molecule has 3 heteroatoms. The maximum Gasteiger partial charge on any atom is 0.115 e. The average molecular weight is 431 g/mol. The van der Waals surface area contributed by atoms with Gasteiger partial charge in [0, 0.05) is 6.61 Å². The summed E-state index contributed by atoms with van der Waals surface area (Å²) in [6, 6.07) is 17.7. The summed E-state index contributed by atoms with van der Waals surface area (Å²) in [7, 11) is 4.51. The van der Waals surface area contributed by atoms with Gasteiger partial charge in [-0.05, 0) is 65.3 Å². The maximum atomic E-state index is 9.85. The smallest absolute Gasteiger partial charge is 0.115 e. The van der Waals surface area contributed by atoms with Gasteiger partial charge in [0.15, 0.2) is 0 Å². The molecule has 0 bridgehead atoms. The molecule has 0 radical (unpaired) electrons. The third-order valence-electron chi connectivity index (χ3n) is 6.20. The van der Waals surface area contributed by atoms with Crippen LogP contribution in [0.25, 0.3) is 11.1 Å². The average Bonchev–Trinajstić information content (AvgIpc) is 2.77. The Morgan fingerprint density at radius 3 is 2.22 bits per heavy atom. The molecule has 1 saturated heterocycles. The summed E-state index contributed by atoms with van der Waals surface area (Å²) in [5.74, 6) is 0.782. The molecule has 3 nitrogen and oxygen atoms in total. The lowest BCUT2D eigenvalue weighted by Crippen LogP contribution is -2.58. The van der Waals surface area contributed by atoms with Crippen LogP contribution in [0.1, 0.15) is 30.9 Å². The molecule has 1 fully saturated rings.